The summed E-state index contributed by atoms with van der Waals surface area (Å²) in [4.78, 5) is 15.5. The average molecular weight is 384 g/mol. The van der Waals surface area contributed by atoms with Crippen LogP contribution in [0.15, 0.2) is 30.5 Å². The number of benzene rings is 1. The lowest BCUT2D eigenvalue weighted by Gasteiger charge is -2.41. The van der Waals surface area contributed by atoms with Crippen molar-refractivity contribution in [1.82, 2.24) is 14.7 Å². The van der Waals surface area contributed by atoms with Crippen molar-refractivity contribution in [2.45, 2.75) is 60.0 Å². The minimum atomic E-state index is -0.477. The maximum absolute atomic E-state index is 13.1. The second kappa shape index (κ2) is 8.91. The highest BCUT2D eigenvalue weighted by molar-refractivity contribution is 5.78. The topological polar surface area (TPSA) is 47.4 Å². The maximum Gasteiger partial charge on any atom is 0.313 e. The van der Waals surface area contributed by atoms with Crippen molar-refractivity contribution in [1.29, 1.82) is 0 Å². The van der Waals surface area contributed by atoms with Gasteiger partial charge in [-0.25, -0.2) is 0 Å². The van der Waals surface area contributed by atoms with Gasteiger partial charge in [-0.1, -0.05) is 24.3 Å². The highest BCUT2D eigenvalue weighted by atomic mass is 16.5. The molecule has 0 spiro atoms. The third-order valence-electron chi connectivity index (χ3n) is 5.92. The number of aryl methyl sites for hydroxylation is 3. The van der Waals surface area contributed by atoms with Gasteiger partial charge in [0.05, 0.1) is 17.7 Å². The van der Waals surface area contributed by atoms with Gasteiger partial charge in [0, 0.05) is 31.4 Å². The second-order valence-electron chi connectivity index (χ2n) is 8.01. The third kappa shape index (κ3) is 4.46. The van der Waals surface area contributed by atoms with Gasteiger partial charge in [-0.05, 0) is 64.6 Å². The molecule has 1 fully saturated rings. The lowest BCUT2D eigenvalue weighted by Crippen LogP contribution is -2.49. The van der Waals surface area contributed by atoms with E-state index in [4.69, 9.17) is 4.74 Å². The van der Waals surface area contributed by atoms with E-state index in [-0.39, 0.29) is 5.97 Å². The zero-order valence-electron chi connectivity index (χ0n) is 17.7. The summed E-state index contributed by atoms with van der Waals surface area (Å²) in [6.45, 7) is 12.1. The molecule has 3 rings (SSSR count). The number of esters is 1. The first-order chi connectivity index (χ1) is 13.5. The number of likely N-dealkylation sites (tertiary alicyclic amines) is 1. The highest BCUT2D eigenvalue weighted by Crippen LogP contribution is 2.36. The van der Waals surface area contributed by atoms with Crippen molar-refractivity contribution in [2.24, 2.45) is 5.41 Å². The molecule has 152 valence electrons. The molecule has 1 aromatic carbocycles. The Morgan fingerprint density at radius 2 is 2.00 bits per heavy atom. The number of hydrogen-bond donors (Lipinski definition) is 0. The molecule has 0 N–H and O–H groups in total. The van der Waals surface area contributed by atoms with Crippen LogP contribution < -0.4 is 0 Å². The van der Waals surface area contributed by atoms with E-state index in [9.17, 15) is 4.79 Å². The molecule has 0 aliphatic carbocycles. The fourth-order valence-corrected chi connectivity index (χ4v) is 4.32. The van der Waals surface area contributed by atoms with Crippen LogP contribution in [0, 0.1) is 19.3 Å². The molecule has 2 aromatic rings. The minimum Gasteiger partial charge on any atom is -0.466 e. The fraction of sp³-hybridized carbons (Fsp3) is 0.565. The summed E-state index contributed by atoms with van der Waals surface area (Å²) in [5, 5.41) is 4.57. The Labute approximate surface area is 168 Å². The van der Waals surface area contributed by atoms with Crippen LogP contribution in [0.3, 0.4) is 0 Å². The van der Waals surface area contributed by atoms with E-state index in [0.29, 0.717) is 6.61 Å². The van der Waals surface area contributed by atoms with E-state index in [2.05, 4.69) is 61.2 Å². The maximum atomic E-state index is 13.1. The molecule has 2 heterocycles. The van der Waals surface area contributed by atoms with Crippen LogP contribution in [-0.2, 0) is 29.0 Å². The monoisotopic (exact) mass is 383 g/mol. The largest absolute Gasteiger partial charge is 0.466 e. The molecule has 0 amide bonds. The summed E-state index contributed by atoms with van der Waals surface area (Å²) >= 11 is 0. The molecule has 1 aliphatic heterocycles. The van der Waals surface area contributed by atoms with Gasteiger partial charge in [0.1, 0.15) is 0 Å². The van der Waals surface area contributed by atoms with Gasteiger partial charge in [-0.2, -0.15) is 5.10 Å². The summed E-state index contributed by atoms with van der Waals surface area (Å²) in [5.41, 5.74) is 4.33. The van der Waals surface area contributed by atoms with Crippen LogP contribution in [-0.4, -0.2) is 40.3 Å². The van der Waals surface area contributed by atoms with Gasteiger partial charge in [-0.15, -0.1) is 0 Å². The van der Waals surface area contributed by atoms with Gasteiger partial charge in [0.15, 0.2) is 0 Å². The van der Waals surface area contributed by atoms with Crippen LogP contribution in [0.1, 0.15) is 49.1 Å². The number of aromatic nitrogens is 2. The molecule has 0 unspecified atom stereocenters. The van der Waals surface area contributed by atoms with Crippen molar-refractivity contribution in [3.05, 3.63) is 52.8 Å². The highest BCUT2D eigenvalue weighted by Gasteiger charge is 2.43. The number of ether oxygens (including phenoxy) is 1. The van der Waals surface area contributed by atoms with Gasteiger partial charge < -0.3 is 4.74 Å². The molecular weight excluding hydrogens is 350 g/mol. The predicted molar refractivity (Wildman–Crippen MR) is 111 cm³/mol. The molecule has 0 radical (unpaired) electrons. The van der Waals surface area contributed by atoms with Crippen LogP contribution in [0.25, 0.3) is 0 Å². The molecular formula is C23H33N3O2. The fourth-order valence-electron chi connectivity index (χ4n) is 4.32. The first kappa shape index (κ1) is 20.6. The van der Waals surface area contributed by atoms with Crippen LogP contribution >= 0.6 is 0 Å². The molecule has 1 atom stereocenters. The van der Waals surface area contributed by atoms with Crippen molar-refractivity contribution in [2.75, 3.05) is 19.7 Å². The summed E-state index contributed by atoms with van der Waals surface area (Å²) in [5.74, 6) is -0.0519. The third-order valence-corrected chi connectivity index (χ3v) is 5.92. The normalized spacial score (nSPS) is 20.3. The number of piperidine rings is 1. The van der Waals surface area contributed by atoms with Gasteiger partial charge in [0.25, 0.3) is 0 Å². The molecule has 1 saturated heterocycles. The summed E-state index contributed by atoms with van der Waals surface area (Å²) in [6, 6.07) is 8.38. The first-order valence-electron chi connectivity index (χ1n) is 10.4. The quantitative estimate of drug-likeness (QED) is 0.680. The lowest BCUT2D eigenvalue weighted by molar-refractivity contribution is -0.159. The molecule has 1 aromatic heterocycles. The van der Waals surface area contributed by atoms with Crippen LogP contribution in [0.2, 0.25) is 0 Å². The Kier molecular flexibility index (Phi) is 6.55. The number of nitrogens with zero attached hydrogens (tertiary/aromatic N) is 3. The van der Waals surface area contributed by atoms with Gasteiger partial charge >= 0.3 is 5.97 Å². The van der Waals surface area contributed by atoms with Crippen molar-refractivity contribution in [3.63, 3.8) is 0 Å². The van der Waals surface area contributed by atoms with Crippen molar-refractivity contribution < 1.29 is 9.53 Å². The number of rotatable bonds is 7. The Morgan fingerprint density at radius 1 is 1.21 bits per heavy atom. The number of carbonyl (C=O) groups excluding carboxylic acids is 1. The standard InChI is InChI=1S/C23H33N3O2/c1-5-26-16-21(19(4)24-26)15-25-13-9-12-23(17-25,22(27)28-6-2)14-20-11-8-7-10-18(20)3/h7-8,10-11,16H,5-6,9,12-15,17H2,1-4H3/t23-/m0/s1. The van der Waals surface area contributed by atoms with Gasteiger partial charge in [0.2, 0.25) is 0 Å². The lowest BCUT2D eigenvalue weighted by atomic mass is 9.74. The molecule has 5 heteroatoms. The summed E-state index contributed by atoms with van der Waals surface area (Å²) in [7, 11) is 0. The molecule has 28 heavy (non-hydrogen) atoms. The number of carbonyl (C=O) groups is 1. The van der Waals surface area contributed by atoms with E-state index in [0.717, 1.165) is 51.1 Å². The van der Waals surface area contributed by atoms with E-state index in [1.54, 1.807) is 0 Å². The van der Waals surface area contributed by atoms with E-state index in [1.165, 1.54) is 16.7 Å². The number of hydrogen-bond acceptors (Lipinski definition) is 4. The molecule has 0 saturated carbocycles. The smallest absolute Gasteiger partial charge is 0.313 e. The zero-order valence-corrected chi connectivity index (χ0v) is 17.7. The van der Waals surface area contributed by atoms with E-state index < -0.39 is 5.41 Å². The van der Waals surface area contributed by atoms with Gasteiger partial charge in [-0.3, -0.25) is 14.4 Å². The Bertz CT molecular complexity index is 814. The van der Waals surface area contributed by atoms with E-state index in [1.807, 2.05) is 11.6 Å². The zero-order chi connectivity index (χ0) is 20.1. The van der Waals surface area contributed by atoms with E-state index >= 15 is 0 Å². The van der Waals surface area contributed by atoms with Crippen molar-refractivity contribution in [3.8, 4) is 0 Å². The second-order valence-corrected chi connectivity index (χ2v) is 8.01. The summed E-state index contributed by atoms with van der Waals surface area (Å²) < 4.78 is 7.55. The Balaban J connectivity index is 1.83. The predicted octanol–water partition coefficient (Wildman–Crippen LogP) is 3.91. The minimum absolute atomic E-state index is 0.0519. The SMILES string of the molecule is CCOC(=O)[C@]1(Cc2ccccc2C)CCCN(Cc2cn(CC)nc2C)C1. The molecule has 5 nitrogen and oxygen atoms in total. The molecule has 0 bridgehead atoms. The Hall–Kier alpha value is -2.14. The Morgan fingerprint density at radius 3 is 2.68 bits per heavy atom. The van der Waals surface area contributed by atoms with Crippen molar-refractivity contribution >= 4 is 5.97 Å². The van der Waals surface area contributed by atoms with Crippen LogP contribution in [0.4, 0.5) is 0 Å². The molecule has 1 aliphatic rings. The average Bonchev–Trinajstić information content (AvgIpc) is 3.04. The van der Waals surface area contributed by atoms with Crippen LogP contribution in [0.5, 0.6) is 0 Å². The summed E-state index contributed by atoms with van der Waals surface area (Å²) in [6.07, 6.45) is 4.76. The first-order valence-corrected chi connectivity index (χ1v) is 10.4.